The van der Waals surface area contributed by atoms with Crippen LogP contribution in [0.3, 0.4) is 0 Å². The van der Waals surface area contributed by atoms with Crippen molar-refractivity contribution in [2.24, 2.45) is 0 Å². The second-order valence-electron chi connectivity index (χ2n) is 5.85. The maximum atomic E-state index is 5.89. The van der Waals surface area contributed by atoms with E-state index in [-0.39, 0.29) is 10.7 Å². The van der Waals surface area contributed by atoms with Crippen molar-refractivity contribution in [2.75, 3.05) is 0 Å². The van der Waals surface area contributed by atoms with Crippen LogP contribution in [0.25, 0.3) is 10.6 Å². The van der Waals surface area contributed by atoms with Crippen molar-refractivity contribution in [1.29, 1.82) is 0 Å². The number of hydrogen-bond donors (Lipinski definition) is 0. The van der Waals surface area contributed by atoms with E-state index in [1.807, 2.05) is 6.07 Å². The monoisotopic (exact) mass is 295 g/mol. The van der Waals surface area contributed by atoms with Gasteiger partial charge in [0.15, 0.2) is 0 Å². The smallest absolute Gasteiger partial charge is 0.222 e. The molecule has 0 aliphatic carbocycles. The summed E-state index contributed by atoms with van der Waals surface area (Å²) >= 11 is 7.58. The SMILES string of the molecule is CC(C)c1nc(C(C)(C)C)sc1-c1ccnc(Cl)n1. The van der Waals surface area contributed by atoms with Gasteiger partial charge in [0, 0.05) is 11.6 Å². The normalized spacial score (nSPS) is 12.2. The molecule has 0 bridgehead atoms. The maximum absolute atomic E-state index is 5.89. The van der Waals surface area contributed by atoms with Gasteiger partial charge in [-0.1, -0.05) is 34.6 Å². The lowest BCUT2D eigenvalue weighted by molar-refractivity contribution is 0.581. The molecule has 5 heteroatoms. The molecule has 0 spiro atoms. The Kier molecular flexibility index (Phi) is 3.92. The van der Waals surface area contributed by atoms with Gasteiger partial charge in [-0.25, -0.2) is 15.0 Å². The summed E-state index contributed by atoms with van der Waals surface area (Å²) in [5, 5.41) is 1.40. The standard InChI is InChI=1S/C14H18ClN3S/c1-8(2)10-11(9-6-7-16-13(15)17-9)19-12(18-10)14(3,4)5/h6-8H,1-5H3. The van der Waals surface area contributed by atoms with Crippen LogP contribution in [0.4, 0.5) is 0 Å². The van der Waals surface area contributed by atoms with Gasteiger partial charge in [0.2, 0.25) is 5.28 Å². The van der Waals surface area contributed by atoms with E-state index in [1.165, 1.54) is 0 Å². The van der Waals surface area contributed by atoms with Crippen molar-refractivity contribution in [3.63, 3.8) is 0 Å². The van der Waals surface area contributed by atoms with Crippen LogP contribution >= 0.6 is 22.9 Å². The molecule has 0 aliphatic heterocycles. The number of rotatable bonds is 2. The summed E-state index contributed by atoms with van der Waals surface area (Å²) in [6.07, 6.45) is 1.69. The van der Waals surface area contributed by atoms with Gasteiger partial charge in [0.05, 0.1) is 21.3 Å². The van der Waals surface area contributed by atoms with Crippen LogP contribution < -0.4 is 0 Å². The van der Waals surface area contributed by atoms with E-state index in [2.05, 4.69) is 44.6 Å². The molecule has 0 saturated heterocycles. The van der Waals surface area contributed by atoms with E-state index in [9.17, 15) is 0 Å². The maximum Gasteiger partial charge on any atom is 0.222 e. The zero-order valence-electron chi connectivity index (χ0n) is 11.9. The molecule has 19 heavy (non-hydrogen) atoms. The molecule has 0 N–H and O–H groups in total. The molecule has 2 aromatic rings. The second-order valence-corrected chi connectivity index (χ2v) is 7.19. The predicted molar refractivity (Wildman–Crippen MR) is 80.9 cm³/mol. The molecule has 0 aliphatic rings. The minimum Gasteiger partial charge on any atom is -0.245 e. The fraction of sp³-hybridized carbons (Fsp3) is 0.500. The van der Waals surface area contributed by atoms with Crippen LogP contribution in [-0.4, -0.2) is 15.0 Å². The molecule has 2 rings (SSSR count). The molecule has 102 valence electrons. The molecule has 0 fully saturated rings. The van der Waals surface area contributed by atoms with Crippen molar-refractivity contribution >= 4 is 22.9 Å². The third-order valence-corrected chi connectivity index (χ3v) is 4.40. The Morgan fingerprint density at radius 1 is 1.21 bits per heavy atom. The lowest BCUT2D eigenvalue weighted by Crippen LogP contribution is -2.10. The highest BCUT2D eigenvalue weighted by Gasteiger charge is 2.24. The van der Waals surface area contributed by atoms with Crippen molar-refractivity contribution in [1.82, 2.24) is 15.0 Å². The molecule has 0 aromatic carbocycles. The molecular weight excluding hydrogens is 278 g/mol. The van der Waals surface area contributed by atoms with Crippen molar-refractivity contribution in [2.45, 2.75) is 46.0 Å². The highest BCUT2D eigenvalue weighted by atomic mass is 35.5. The fourth-order valence-electron chi connectivity index (χ4n) is 1.69. The first-order chi connectivity index (χ1) is 8.79. The average molecular weight is 296 g/mol. The van der Waals surface area contributed by atoms with Gasteiger partial charge < -0.3 is 0 Å². The highest BCUT2D eigenvalue weighted by molar-refractivity contribution is 7.15. The summed E-state index contributed by atoms with van der Waals surface area (Å²) in [5.41, 5.74) is 1.99. The number of halogens is 1. The Morgan fingerprint density at radius 2 is 1.89 bits per heavy atom. The highest BCUT2D eigenvalue weighted by Crippen LogP contribution is 2.38. The third-order valence-electron chi connectivity index (χ3n) is 2.70. The predicted octanol–water partition coefficient (Wildman–Crippen LogP) is 4.67. The Hall–Kier alpha value is -1.000. The van der Waals surface area contributed by atoms with E-state index in [0.717, 1.165) is 21.3 Å². The van der Waals surface area contributed by atoms with E-state index in [0.29, 0.717) is 5.92 Å². The molecular formula is C14H18ClN3S. The molecule has 0 unspecified atom stereocenters. The summed E-state index contributed by atoms with van der Waals surface area (Å²) in [4.78, 5) is 14.1. The van der Waals surface area contributed by atoms with E-state index in [1.54, 1.807) is 17.5 Å². The van der Waals surface area contributed by atoms with Gasteiger partial charge in [-0.3, -0.25) is 0 Å². The van der Waals surface area contributed by atoms with Crippen LogP contribution in [0.15, 0.2) is 12.3 Å². The van der Waals surface area contributed by atoms with Crippen LogP contribution in [-0.2, 0) is 5.41 Å². The first kappa shape index (κ1) is 14.4. The molecule has 3 nitrogen and oxygen atoms in total. The Morgan fingerprint density at radius 3 is 2.42 bits per heavy atom. The summed E-state index contributed by atoms with van der Waals surface area (Å²) in [5.74, 6) is 0.357. The summed E-state index contributed by atoms with van der Waals surface area (Å²) < 4.78 is 0. The Balaban J connectivity index is 2.59. The molecule has 0 amide bonds. The largest absolute Gasteiger partial charge is 0.245 e. The topological polar surface area (TPSA) is 38.7 Å². The minimum absolute atomic E-state index is 0.0450. The summed E-state index contributed by atoms with van der Waals surface area (Å²) in [6.45, 7) is 10.8. The molecule has 0 radical (unpaired) electrons. The summed E-state index contributed by atoms with van der Waals surface area (Å²) in [6, 6.07) is 1.89. The Labute approximate surface area is 123 Å². The third kappa shape index (κ3) is 3.12. The van der Waals surface area contributed by atoms with E-state index in [4.69, 9.17) is 16.6 Å². The van der Waals surface area contributed by atoms with Crippen molar-refractivity contribution in [3.8, 4) is 10.6 Å². The molecule has 0 atom stereocenters. The number of hydrogen-bond acceptors (Lipinski definition) is 4. The fourth-order valence-corrected chi connectivity index (χ4v) is 3.08. The number of aromatic nitrogens is 3. The van der Waals surface area contributed by atoms with Crippen molar-refractivity contribution in [3.05, 3.63) is 28.2 Å². The van der Waals surface area contributed by atoms with Gasteiger partial charge in [-0.15, -0.1) is 11.3 Å². The molecule has 0 saturated carbocycles. The zero-order valence-corrected chi connectivity index (χ0v) is 13.4. The molecule has 2 aromatic heterocycles. The molecule has 2 heterocycles. The average Bonchev–Trinajstić information content (AvgIpc) is 2.73. The lowest BCUT2D eigenvalue weighted by Gasteiger charge is -2.13. The van der Waals surface area contributed by atoms with Crippen molar-refractivity contribution < 1.29 is 0 Å². The quantitative estimate of drug-likeness (QED) is 0.755. The lowest BCUT2D eigenvalue weighted by atomic mass is 9.98. The van der Waals surface area contributed by atoms with E-state index < -0.39 is 0 Å². The number of nitrogens with zero attached hydrogens (tertiary/aromatic N) is 3. The Bertz CT molecular complexity index is 585. The van der Waals surface area contributed by atoms with Crippen LogP contribution in [0.1, 0.15) is 51.2 Å². The van der Waals surface area contributed by atoms with E-state index >= 15 is 0 Å². The van der Waals surface area contributed by atoms with Gasteiger partial charge in [0.1, 0.15) is 0 Å². The van der Waals surface area contributed by atoms with Crippen LogP contribution in [0.5, 0.6) is 0 Å². The minimum atomic E-state index is 0.0450. The van der Waals surface area contributed by atoms with Gasteiger partial charge >= 0.3 is 0 Å². The first-order valence-electron chi connectivity index (χ1n) is 6.29. The zero-order chi connectivity index (χ0) is 14.2. The van der Waals surface area contributed by atoms with Gasteiger partial charge in [-0.2, -0.15) is 0 Å². The first-order valence-corrected chi connectivity index (χ1v) is 7.48. The number of thiazole rings is 1. The van der Waals surface area contributed by atoms with Crippen LogP contribution in [0.2, 0.25) is 5.28 Å². The van der Waals surface area contributed by atoms with Gasteiger partial charge in [0.25, 0.3) is 0 Å². The van der Waals surface area contributed by atoms with Crippen LogP contribution in [0, 0.1) is 0 Å². The summed E-state index contributed by atoms with van der Waals surface area (Å²) in [7, 11) is 0. The second kappa shape index (κ2) is 5.17. The van der Waals surface area contributed by atoms with Gasteiger partial charge in [-0.05, 0) is 23.6 Å².